The number of amides is 1. The Kier molecular flexibility index (Phi) is 4.32. The number of carbonyl (C=O) groups excluding carboxylic acids is 1. The number of aromatic nitrogens is 2. The van der Waals surface area contributed by atoms with E-state index < -0.39 is 23.3 Å². The summed E-state index contributed by atoms with van der Waals surface area (Å²) in [5.74, 6) is -1.87. The monoisotopic (exact) mass is 361 g/mol. The minimum atomic E-state index is -1.23. The number of rotatable bonds is 4. The topological polar surface area (TPSA) is 101 Å². The molecule has 1 amide bonds. The SMILES string of the molecule is Cc1nc2scc(C(=O)O)c2c(=O)n1CC(=O)Nc1ccc(F)cc1. The quantitative estimate of drug-likeness (QED) is 0.742. The fraction of sp³-hybridized carbons (Fsp3) is 0.125. The first-order valence-electron chi connectivity index (χ1n) is 7.14. The summed E-state index contributed by atoms with van der Waals surface area (Å²) >= 11 is 1.06. The number of carboxylic acid groups (broad SMARTS) is 1. The molecule has 3 aromatic rings. The molecular weight excluding hydrogens is 349 g/mol. The third-order valence-electron chi connectivity index (χ3n) is 3.54. The van der Waals surface area contributed by atoms with Crippen LogP contribution in [0.3, 0.4) is 0 Å². The molecule has 3 rings (SSSR count). The van der Waals surface area contributed by atoms with Gasteiger partial charge in [-0.25, -0.2) is 14.2 Å². The molecule has 0 aliphatic carbocycles. The number of thiophene rings is 1. The lowest BCUT2D eigenvalue weighted by molar-refractivity contribution is -0.116. The van der Waals surface area contributed by atoms with Crippen LogP contribution in [0.1, 0.15) is 16.2 Å². The maximum atomic E-state index is 12.9. The molecule has 0 aliphatic rings. The Labute approximate surface area is 144 Å². The van der Waals surface area contributed by atoms with E-state index in [1.54, 1.807) is 6.92 Å². The maximum absolute atomic E-state index is 12.9. The van der Waals surface area contributed by atoms with Crippen LogP contribution in [0.25, 0.3) is 10.2 Å². The van der Waals surface area contributed by atoms with Crippen molar-refractivity contribution >= 4 is 39.1 Å². The van der Waals surface area contributed by atoms with Gasteiger partial charge < -0.3 is 10.4 Å². The fourth-order valence-corrected chi connectivity index (χ4v) is 3.29. The van der Waals surface area contributed by atoms with Gasteiger partial charge in [0.05, 0.1) is 10.9 Å². The molecule has 2 heterocycles. The normalized spacial score (nSPS) is 10.8. The number of aryl methyl sites for hydroxylation is 1. The van der Waals surface area contributed by atoms with Gasteiger partial charge >= 0.3 is 5.97 Å². The van der Waals surface area contributed by atoms with Crippen LogP contribution >= 0.6 is 11.3 Å². The summed E-state index contributed by atoms with van der Waals surface area (Å²) in [4.78, 5) is 40.5. The second kappa shape index (κ2) is 6.44. The summed E-state index contributed by atoms with van der Waals surface area (Å²) in [6, 6.07) is 5.19. The van der Waals surface area contributed by atoms with E-state index in [4.69, 9.17) is 0 Å². The lowest BCUT2D eigenvalue weighted by atomic mass is 10.2. The highest BCUT2D eigenvalue weighted by Crippen LogP contribution is 2.21. The van der Waals surface area contributed by atoms with E-state index in [2.05, 4.69) is 10.3 Å². The van der Waals surface area contributed by atoms with E-state index in [-0.39, 0.29) is 17.5 Å². The molecule has 0 bridgehead atoms. The van der Waals surface area contributed by atoms with Crippen LogP contribution in [0.15, 0.2) is 34.4 Å². The number of carbonyl (C=O) groups is 2. The van der Waals surface area contributed by atoms with Gasteiger partial charge in [0.25, 0.3) is 5.56 Å². The average Bonchev–Trinajstić information content (AvgIpc) is 2.97. The Morgan fingerprint density at radius 2 is 2.00 bits per heavy atom. The number of anilines is 1. The highest BCUT2D eigenvalue weighted by molar-refractivity contribution is 7.17. The average molecular weight is 361 g/mol. The van der Waals surface area contributed by atoms with E-state index in [0.717, 1.165) is 15.9 Å². The molecule has 0 saturated heterocycles. The number of carboxylic acids is 1. The predicted octanol–water partition coefficient (Wildman–Crippen LogP) is 2.24. The number of fused-ring (bicyclic) bond motifs is 1. The molecule has 0 unspecified atom stereocenters. The maximum Gasteiger partial charge on any atom is 0.337 e. The largest absolute Gasteiger partial charge is 0.478 e. The molecule has 2 aromatic heterocycles. The summed E-state index contributed by atoms with van der Waals surface area (Å²) in [7, 11) is 0. The van der Waals surface area contributed by atoms with Crippen LogP contribution < -0.4 is 10.9 Å². The van der Waals surface area contributed by atoms with Crippen LogP contribution in [0.5, 0.6) is 0 Å². The van der Waals surface area contributed by atoms with Gasteiger partial charge in [0.1, 0.15) is 23.0 Å². The van der Waals surface area contributed by atoms with E-state index in [1.165, 1.54) is 29.6 Å². The Balaban J connectivity index is 1.94. The first-order valence-corrected chi connectivity index (χ1v) is 8.02. The summed E-state index contributed by atoms with van der Waals surface area (Å²) in [6.07, 6.45) is 0. The van der Waals surface area contributed by atoms with Crippen molar-refractivity contribution in [2.45, 2.75) is 13.5 Å². The number of hydrogen-bond acceptors (Lipinski definition) is 5. The third-order valence-corrected chi connectivity index (χ3v) is 4.42. The minimum absolute atomic E-state index is 0.0160. The van der Waals surface area contributed by atoms with Gasteiger partial charge in [-0.3, -0.25) is 14.2 Å². The molecule has 1 aromatic carbocycles. The van der Waals surface area contributed by atoms with Crippen molar-refractivity contribution < 1.29 is 19.1 Å². The van der Waals surface area contributed by atoms with E-state index in [0.29, 0.717) is 16.3 Å². The molecule has 0 radical (unpaired) electrons. The Bertz CT molecular complexity index is 1040. The molecular formula is C16H12FN3O4S. The summed E-state index contributed by atoms with van der Waals surface area (Å²) in [5.41, 5.74) is -0.339. The highest BCUT2D eigenvalue weighted by Gasteiger charge is 2.19. The molecule has 9 heteroatoms. The second-order valence-corrected chi connectivity index (χ2v) is 6.10. The van der Waals surface area contributed by atoms with Crippen molar-refractivity contribution in [2.24, 2.45) is 0 Å². The van der Waals surface area contributed by atoms with Gasteiger partial charge in [-0.15, -0.1) is 11.3 Å². The Morgan fingerprint density at radius 3 is 2.64 bits per heavy atom. The Hall–Kier alpha value is -3.07. The van der Waals surface area contributed by atoms with Crippen LogP contribution in [-0.4, -0.2) is 26.5 Å². The smallest absolute Gasteiger partial charge is 0.337 e. The van der Waals surface area contributed by atoms with Crippen molar-refractivity contribution in [1.82, 2.24) is 9.55 Å². The van der Waals surface area contributed by atoms with Crippen LogP contribution in [0.4, 0.5) is 10.1 Å². The molecule has 7 nitrogen and oxygen atoms in total. The van der Waals surface area contributed by atoms with E-state index >= 15 is 0 Å². The number of halogens is 1. The van der Waals surface area contributed by atoms with Gasteiger partial charge in [-0.1, -0.05) is 0 Å². The van der Waals surface area contributed by atoms with Gasteiger partial charge in [0.2, 0.25) is 5.91 Å². The minimum Gasteiger partial charge on any atom is -0.478 e. The third kappa shape index (κ3) is 3.26. The number of nitrogens with one attached hydrogen (secondary N) is 1. The second-order valence-electron chi connectivity index (χ2n) is 5.24. The van der Waals surface area contributed by atoms with Gasteiger partial charge in [-0.2, -0.15) is 0 Å². The molecule has 0 saturated carbocycles. The van der Waals surface area contributed by atoms with Crippen molar-refractivity contribution in [3.8, 4) is 0 Å². The zero-order valence-corrected chi connectivity index (χ0v) is 13.8. The van der Waals surface area contributed by atoms with Crippen molar-refractivity contribution in [2.75, 3.05) is 5.32 Å². The lowest BCUT2D eigenvalue weighted by Crippen LogP contribution is -2.30. The number of benzene rings is 1. The van der Waals surface area contributed by atoms with E-state index in [9.17, 15) is 23.9 Å². The van der Waals surface area contributed by atoms with Gasteiger partial charge in [0.15, 0.2) is 0 Å². The molecule has 0 atom stereocenters. The zero-order chi connectivity index (χ0) is 18.1. The molecule has 25 heavy (non-hydrogen) atoms. The number of hydrogen-bond donors (Lipinski definition) is 2. The molecule has 0 fully saturated rings. The number of nitrogens with zero attached hydrogens (tertiary/aromatic N) is 2. The zero-order valence-electron chi connectivity index (χ0n) is 12.9. The van der Waals surface area contributed by atoms with Crippen molar-refractivity contribution in [3.63, 3.8) is 0 Å². The summed E-state index contributed by atoms with van der Waals surface area (Å²) in [5, 5.41) is 13.1. The lowest BCUT2D eigenvalue weighted by Gasteiger charge is -2.10. The van der Waals surface area contributed by atoms with Gasteiger partial charge in [-0.05, 0) is 31.2 Å². The first kappa shape index (κ1) is 16.8. The molecule has 0 spiro atoms. The van der Waals surface area contributed by atoms with Gasteiger partial charge in [0, 0.05) is 11.1 Å². The van der Waals surface area contributed by atoms with E-state index in [1.807, 2.05) is 0 Å². The van der Waals surface area contributed by atoms with Crippen molar-refractivity contribution in [1.29, 1.82) is 0 Å². The standard InChI is InChI=1S/C16H12FN3O4S/c1-8-18-14-13(11(7-25-14)16(23)24)15(22)20(8)6-12(21)19-10-4-2-9(17)3-5-10/h2-5,7H,6H2,1H3,(H,19,21)(H,23,24). The van der Waals surface area contributed by atoms with Crippen LogP contribution in [0, 0.1) is 12.7 Å². The fourth-order valence-electron chi connectivity index (χ4n) is 2.35. The summed E-state index contributed by atoms with van der Waals surface area (Å²) < 4.78 is 14.0. The molecule has 128 valence electrons. The Morgan fingerprint density at radius 1 is 1.32 bits per heavy atom. The van der Waals surface area contributed by atoms with Crippen molar-refractivity contribution in [3.05, 3.63) is 57.2 Å². The molecule has 2 N–H and O–H groups in total. The van der Waals surface area contributed by atoms with Crippen LogP contribution in [-0.2, 0) is 11.3 Å². The predicted molar refractivity (Wildman–Crippen MR) is 90.6 cm³/mol. The first-order chi connectivity index (χ1) is 11.9. The highest BCUT2D eigenvalue weighted by atomic mass is 32.1. The molecule has 0 aliphatic heterocycles. The van der Waals surface area contributed by atoms with Crippen LogP contribution in [0.2, 0.25) is 0 Å². The summed E-state index contributed by atoms with van der Waals surface area (Å²) in [6.45, 7) is 1.23. The number of aromatic carboxylic acids is 1.